The SMILES string of the molecule is O=C1C[C@H](c2ccccc2)c2cc(F)ccc2O1. The highest BCUT2D eigenvalue weighted by Crippen LogP contribution is 2.38. The van der Waals surface area contributed by atoms with Crippen LogP contribution < -0.4 is 4.74 Å². The van der Waals surface area contributed by atoms with Gasteiger partial charge in [0.25, 0.3) is 0 Å². The van der Waals surface area contributed by atoms with Gasteiger partial charge in [-0.1, -0.05) is 30.3 Å². The van der Waals surface area contributed by atoms with Crippen molar-refractivity contribution < 1.29 is 13.9 Å². The van der Waals surface area contributed by atoms with Crippen LogP contribution in [0.25, 0.3) is 0 Å². The molecule has 2 aromatic rings. The standard InChI is InChI=1S/C15H11FO2/c16-11-6-7-14-13(8-11)12(9-15(17)18-14)10-4-2-1-3-5-10/h1-8,12H,9H2/t12-/m1/s1. The fraction of sp³-hybridized carbons (Fsp3) is 0.133. The molecule has 18 heavy (non-hydrogen) atoms. The minimum atomic E-state index is -0.312. The average molecular weight is 242 g/mol. The van der Waals surface area contributed by atoms with E-state index in [1.54, 1.807) is 0 Å². The van der Waals surface area contributed by atoms with Gasteiger partial charge in [0.2, 0.25) is 0 Å². The number of rotatable bonds is 1. The van der Waals surface area contributed by atoms with Crippen molar-refractivity contribution in [2.45, 2.75) is 12.3 Å². The molecular formula is C15H11FO2. The van der Waals surface area contributed by atoms with Gasteiger partial charge in [-0.3, -0.25) is 4.79 Å². The van der Waals surface area contributed by atoms with Gasteiger partial charge in [-0.15, -0.1) is 0 Å². The Morgan fingerprint density at radius 3 is 2.67 bits per heavy atom. The second-order valence-electron chi connectivity index (χ2n) is 4.32. The first kappa shape index (κ1) is 11.0. The maximum atomic E-state index is 13.3. The fourth-order valence-corrected chi connectivity index (χ4v) is 2.31. The molecule has 1 aliphatic rings. The van der Waals surface area contributed by atoms with Crippen molar-refractivity contribution in [3.8, 4) is 5.75 Å². The highest BCUT2D eigenvalue weighted by atomic mass is 19.1. The lowest BCUT2D eigenvalue weighted by molar-refractivity contribution is -0.135. The molecule has 2 nitrogen and oxygen atoms in total. The van der Waals surface area contributed by atoms with Crippen molar-refractivity contribution in [1.82, 2.24) is 0 Å². The van der Waals surface area contributed by atoms with Crippen LogP contribution in [0.2, 0.25) is 0 Å². The summed E-state index contributed by atoms with van der Waals surface area (Å²) >= 11 is 0. The molecule has 0 aromatic heterocycles. The molecule has 0 bridgehead atoms. The van der Waals surface area contributed by atoms with Crippen LogP contribution in [0.3, 0.4) is 0 Å². The summed E-state index contributed by atoms with van der Waals surface area (Å²) in [5.41, 5.74) is 1.74. The van der Waals surface area contributed by atoms with Crippen molar-refractivity contribution in [3.63, 3.8) is 0 Å². The van der Waals surface area contributed by atoms with Crippen molar-refractivity contribution >= 4 is 5.97 Å². The molecule has 0 unspecified atom stereocenters. The Morgan fingerprint density at radius 1 is 1.11 bits per heavy atom. The molecule has 0 N–H and O–H groups in total. The predicted octanol–water partition coefficient (Wildman–Crippen LogP) is 3.27. The highest BCUT2D eigenvalue weighted by molar-refractivity contribution is 5.77. The number of fused-ring (bicyclic) bond motifs is 1. The summed E-state index contributed by atoms with van der Waals surface area (Å²) in [6.45, 7) is 0. The molecule has 1 heterocycles. The van der Waals surface area contributed by atoms with E-state index in [2.05, 4.69) is 0 Å². The number of benzene rings is 2. The normalized spacial score (nSPS) is 18.1. The predicted molar refractivity (Wildman–Crippen MR) is 64.9 cm³/mol. The molecule has 3 heteroatoms. The zero-order valence-electron chi connectivity index (χ0n) is 9.60. The third-order valence-electron chi connectivity index (χ3n) is 3.14. The van der Waals surface area contributed by atoms with Gasteiger partial charge in [-0.05, 0) is 23.8 Å². The van der Waals surface area contributed by atoms with Crippen LogP contribution in [0.5, 0.6) is 5.75 Å². The lowest BCUT2D eigenvalue weighted by Crippen LogP contribution is -2.21. The molecule has 0 spiro atoms. The Labute approximate surface area is 104 Å². The number of carbonyl (C=O) groups excluding carboxylic acids is 1. The zero-order valence-corrected chi connectivity index (χ0v) is 9.60. The Balaban J connectivity index is 2.12. The third kappa shape index (κ3) is 1.88. The molecule has 0 fully saturated rings. The maximum absolute atomic E-state index is 13.3. The number of esters is 1. The van der Waals surface area contributed by atoms with Gasteiger partial charge in [-0.2, -0.15) is 0 Å². The molecule has 90 valence electrons. The Bertz CT molecular complexity index is 593. The molecule has 0 saturated carbocycles. The molecule has 0 radical (unpaired) electrons. The minimum Gasteiger partial charge on any atom is -0.426 e. The van der Waals surface area contributed by atoms with E-state index in [4.69, 9.17) is 4.74 Å². The number of ether oxygens (including phenoxy) is 1. The van der Waals surface area contributed by atoms with Crippen LogP contribution >= 0.6 is 0 Å². The van der Waals surface area contributed by atoms with Crippen LogP contribution in [0.1, 0.15) is 23.5 Å². The van der Waals surface area contributed by atoms with E-state index in [1.165, 1.54) is 18.2 Å². The first-order valence-electron chi connectivity index (χ1n) is 5.79. The number of hydrogen-bond donors (Lipinski definition) is 0. The monoisotopic (exact) mass is 242 g/mol. The first-order valence-corrected chi connectivity index (χ1v) is 5.79. The summed E-state index contributed by atoms with van der Waals surface area (Å²) in [6.07, 6.45) is 0.250. The summed E-state index contributed by atoms with van der Waals surface area (Å²) in [5.74, 6) is -0.254. The van der Waals surface area contributed by atoms with Gasteiger partial charge < -0.3 is 4.74 Å². The Kier molecular flexibility index (Phi) is 2.59. The quantitative estimate of drug-likeness (QED) is 0.566. The largest absolute Gasteiger partial charge is 0.426 e. The van der Waals surface area contributed by atoms with E-state index in [1.807, 2.05) is 30.3 Å². The van der Waals surface area contributed by atoms with E-state index in [0.717, 1.165) is 11.1 Å². The summed E-state index contributed by atoms with van der Waals surface area (Å²) in [5, 5.41) is 0. The van der Waals surface area contributed by atoms with Crippen molar-refractivity contribution in [3.05, 3.63) is 65.5 Å². The van der Waals surface area contributed by atoms with Crippen molar-refractivity contribution in [2.75, 3.05) is 0 Å². The number of carbonyl (C=O) groups is 1. The van der Waals surface area contributed by atoms with Gasteiger partial charge >= 0.3 is 5.97 Å². The minimum absolute atomic E-state index is 0.127. The molecular weight excluding hydrogens is 231 g/mol. The molecule has 3 rings (SSSR count). The number of halogens is 1. The van der Waals surface area contributed by atoms with Crippen LogP contribution in [0.15, 0.2) is 48.5 Å². The van der Waals surface area contributed by atoms with Gasteiger partial charge in [0, 0.05) is 11.5 Å². The second-order valence-corrected chi connectivity index (χ2v) is 4.32. The average Bonchev–Trinajstić information content (AvgIpc) is 2.39. The summed E-state index contributed by atoms with van der Waals surface area (Å²) in [6, 6.07) is 13.9. The molecule has 1 atom stereocenters. The van der Waals surface area contributed by atoms with E-state index in [9.17, 15) is 9.18 Å². The summed E-state index contributed by atoms with van der Waals surface area (Å²) in [4.78, 5) is 11.6. The number of hydrogen-bond acceptors (Lipinski definition) is 2. The van der Waals surface area contributed by atoms with Gasteiger partial charge in [0.15, 0.2) is 0 Å². The summed E-state index contributed by atoms with van der Waals surface area (Å²) < 4.78 is 18.5. The molecule has 0 aliphatic carbocycles. The second kappa shape index (κ2) is 4.26. The lowest BCUT2D eigenvalue weighted by atomic mass is 9.86. The van der Waals surface area contributed by atoms with Crippen LogP contribution in [0.4, 0.5) is 4.39 Å². The van der Waals surface area contributed by atoms with Crippen LogP contribution in [-0.2, 0) is 4.79 Å². The highest BCUT2D eigenvalue weighted by Gasteiger charge is 2.28. The lowest BCUT2D eigenvalue weighted by Gasteiger charge is -2.24. The van der Waals surface area contributed by atoms with E-state index >= 15 is 0 Å². The molecule has 0 saturated heterocycles. The van der Waals surface area contributed by atoms with Gasteiger partial charge in [-0.25, -0.2) is 4.39 Å². The Morgan fingerprint density at radius 2 is 1.89 bits per heavy atom. The van der Waals surface area contributed by atoms with Crippen molar-refractivity contribution in [2.24, 2.45) is 0 Å². The van der Waals surface area contributed by atoms with Crippen LogP contribution in [-0.4, -0.2) is 5.97 Å². The fourth-order valence-electron chi connectivity index (χ4n) is 2.31. The summed E-state index contributed by atoms with van der Waals surface area (Å²) in [7, 11) is 0. The van der Waals surface area contributed by atoms with E-state index < -0.39 is 0 Å². The Hall–Kier alpha value is -2.16. The van der Waals surface area contributed by atoms with Crippen LogP contribution in [0, 0.1) is 5.82 Å². The van der Waals surface area contributed by atoms with Crippen molar-refractivity contribution in [1.29, 1.82) is 0 Å². The van der Waals surface area contributed by atoms with E-state index in [0.29, 0.717) is 5.75 Å². The van der Waals surface area contributed by atoms with E-state index in [-0.39, 0.29) is 24.1 Å². The maximum Gasteiger partial charge on any atom is 0.312 e. The van der Waals surface area contributed by atoms with Gasteiger partial charge in [0.1, 0.15) is 11.6 Å². The smallest absolute Gasteiger partial charge is 0.312 e. The third-order valence-corrected chi connectivity index (χ3v) is 3.14. The molecule has 2 aromatic carbocycles. The topological polar surface area (TPSA) is 26.3 Å². The first-order chi connectivity index (χ1) is 8.74. The molecule has 0 amide bonds. The molecule has 1 aliphatic heterocycles. The zero-order chi connectivity index (χ0) is 12.5. The van der Waals surface area contributed by atoms with Gasteiger partial charge in [0.05, 0.1) is 6.42 Å².